The van der Waals surface area contributed by atoms with Gasteiger partial charge >= 0.3 is 5.63 Å². The van der Waals surface area contributed by atoms with Crippen LogP contribution in [0.5, 0.6) is 0 Å². The summed E-state index contributed by atoms with van der Waals surface area (Å²) >= 11 is 6.88. The van der Waals surface area contributed by atoms with Gasteiger partial charge in [0.25, 0.3) is 0 Å². The van der Waals surface area contributed by atoms with Crippen LogP contribution in [0.2, 0.25) is 0 Å². The molecule has 3 heterocycles. The number of thiazole rings is 1. The molecule has 4 nitrogen and oxygen atoms in total. The van der Waals surface area contributed by atoms with Gasteiger partial charge in [0.1, 0.15) is 5.58 Å². The Morgan fingerprint density at radius 2 is 2.08 bits per heavy atom. The molecule has 1 aromatic carbocycles. The van der Waals surface area contributed by atoms with Crippen molar-refractivity contribution in [1.29, 1.82) is 0 Å². The van der Waals surface area contributed by atoms with Crippen LogP contribution in [-0.2, 0) is 6.54 Å². The van der Waals surface area contributed by atoms with E-state index in [4.69, 9.17) is 16.6 Å². The third-order valence-electron chi connectivity index (χ3n) is 3.76. The van der Waals surface area contributed by atoms with Gasteiger partial charge in [-0.15, -0.1) is 11.3 Å². The number of pyridine rings is 1. The summed E-state index contributed by atoms with van der Waals surface area (Å²) in [5, 5.41) is 2.79. The van der Waals surface area contributed by atoms with Gasteiger partial charge < -0.3 is 8.98 Å². The van der Waals surface area contributed by atoms with Gasteiger partial charge in [-0.25, -0.2) is 4.79 Å². The molecule has 4 aromatic rings. The summed E-state index contributed by atoms with van der Waals surface area (Å²) in [5.41, 5.74) is 2.54. The molecular formula is C18H12N2O2S2. The Morgan fingerprint density at radius 1 is 1.21 bits per heavy atom. The van der Waals surface area contributed by atoms with Crippen molar-refractivity contribution < 1.29 is 4.42 Å². The predicted octanol–water partition coefficient (Wildman–Crippen LogP) is 4.50. The number of nitrogens with zero attached hydrogens (tertiary/aromatic N) is 2. The molecule has 24 heavy (non-hydrogen) atoms. The van der Waals surface area contributed by atoms with E-state index < -0.39 is 0 Å². The van der Waals surface area contributed by atoms with Crippen LogP contribution in [0.15, 0.2) is 69.5 Å². The van der Waals surface area contributed by atoms with Crippen molar-refractivity contribution in [2.24, 2.45) is 0 Å². The van der Waals surface area contributed by atoms with Crippen molar-refractivity contribution >= 4 is 34.5 Å². The molecule has 0 aliphatic carbocycles. The van der Waals surface area contributed by atoms with Gasteiger partial charge in [-0.3, -0.25) is 4.98 Å². The average Bonchev–Trinajstić information content (AvgIpc) is 2.96. The zero-order chi connectivity index (χ0) is 16.5. The Morgan fingerprint density at radius 3 is 2.92 bits per heavy atom. The summed E-state index contributed by atoms with van der Waals surface area (Å²) in [6, 6.07) is 13.2. The summed E-state index contributed by atoms with van der Waals surface area (Å²) in [7, 11) is 0. The van der Waals surface area contributed by atoms with Crippen molar-refractivity contribution in [3.63, 3.8) is 0 Å². The summed E-state index contributed by atoms with van der Waals surface area (Å²) in [6.07, 6.45) is 3.53. The molecule has 0 bridgehead atoms. The van der Waals surface area contributed by atoms with Gasteiger partial charge in [0.15, 0.2) is 3.95 Å². The van der Waals surface area contributed by atoms with Crippen LogP contribution in [0.1, 0.15) is 5.56 Å². The number of hydrogen-bond donors (Lipinski definition) is 0. The monoisotopic (exact) mass is 352 g/mol. The van der Waals surface area contributed by atoms with E-state index in [-0.39, 0.29) is 5.63 Å². The lowest BCUT2D eigenvalue weighted by atomic mass is 10.1. The van der Waals surface area contributed by atoms with Gasteiger partial charge in [0.2, 0.25) is 0 Å². The molecule has 0 saturated heterocycles. The topological polar surface area (TPSA) is 48.0 Å². The Hall–Kier alpha value is -2.57. The van der Waals surface area contributed by atoms with E-state index >= 15 is 0 Å². The number of benzene rings is 1. The van der Waals surface area contributed by atoms with E-state index in [1.54, 1.807) is 18.5 Å². The maximum atomic E-state index is 12.4. The molecule has 0 fully saturated rings. The fourth-order valence-corrected chi connectivity index (χ4v) is 3.67. The predicted molar refractivity (Wildman–Crippen MR) is 98.0 cm³/mol. The van der Waals surface area contributed by atoms with Gasteiger partial charge in [-0.1, -0.05) is 24.3 Å². The molecule has 0 N–H and O–H groups in total. The van der Waals surface area contributed by atoms with E-state index in [1.807, 2.05) is 46.3 Å². The highest BCUT2D eigenvalue weighted by atomic mass is 32.1. The van der Waals surface area contributed by atoms with Gasteiger partial charge in [0, 0.05) is 23.2 Å². The van der Waals surface area contributed by atoms with E-state index in [9.17, 15) is 4.79 Å². The number of fused-ring (bicyclic) bond motifs is 1. The lowest BCUT2D eigenvalue weighted by Crippen LogP contribution is -2.08. The minimum absolute atomic E-state index is 0.360. The standard InChI is InChI=1S/C18H12N2O2S2/c21-17-14(8-13-5-1-2-6-16(13)22-17)15-11-24-18(23)20(15)10-12-4-3-7-19-9-12/h1-9,11H,10H2. The first kappa shape index (κ1) is 15.0. The first-order chi connectivity index (χ1) is 11.7. The van der Waals surface area contributed by atoms with E-state index in [2.05, 4.69) is 4.98 Å². The van der Waals surface area contributed by atoms with Crippen molar-refractivity contribution in [3.05, 3.63) is 80.2 Å². The minimum Gasteiger partial charge on any atom is -0.422 e. The third kappa shape index (κ3) is 2.70. The number of para-hydroxylation sites is 1. The highest BCUT2D eigenvalue weighted by molar-refractivity contribution is 7.73. The minimum atomic E-state index is -0.360. The smallest absolute Gasteiger partial charge is 0.345 e. The largest absolute Gasteiger partial charge is 0.422 e. The first-order valence-corrected chi connectivity index (χ1v) is 8.62. The second kappa shape index (κ2) is 6.14. The third-order valence-corrected chi connectivity index (χ3v) is 5.04. The Bertz CT molecular complexity index is 1130. The lowest BCUT2D eigenvalue weighted by Gasteiger charge is -2.08. The fourth-order valence-electron chi connectivity index (χ4n) is 2.61. The molecule has 0 spiro atoms. The molecule has 118 valence electrons. The zero-order valence-electron chi connectivity index (χ0n) is 12.5. The molecule has 0 saturated carbocycles. The van der Waals surface area contributed by atoms with Crippen molar-refractivity contribution in [2.45, 2.75) is 6.54 Å². The molecule has 0 atom stereocenters. The molecule has 0 unspecified atom stereocenters. The molecular weight excluding hydrogens is 340 g/mol. The molecule has 0 amide bonds. The normalized spacial score (nSPS) is 11.0. The first-order valence-electron chi connectivity index (χ1n) is 7.33. The fraction of sp³-hybridized carbons (Fsp3) is 0.0556. The molecule has 0 aliphatic rings. The van der Waals surface area contributed by atoms with Crippen molar-refractivity contribution in [1.82, 2.24) is 9.55 Å². The van der Waals surface area contributed by atoms with E-state index in [1.165, 1.54) is 11.3 Å². The SMILES string of the molecule is O=c1oc2ccccc2cc1-c1csc(=S)n1Cc1cccnc1. The summed E-state index contributed by atoms with van der Waals surface area (Å²) in [4.78, 5) is 16.6. The number of aromatic nitrogens is 2. The Labute approximate surface area is 146 Å². The Kier molecular flexibility index (Phi) is 3.84. The van der Waals surface area contributed by atoms with Gasteiger partial charge in [-0.2, -0.15) is 0 Å². The number of hydrogen-bond acceptors (Lipinski definition) is 5. The second-order valence-electron chi connectivity index (χ2n) is 5.32. The molecule has 6 heteroatoms. The number of rotatable bonds is 3. The van der Waals surface area contributed by atoms with Crippen LogP contribution in [-0.4, -0.2) is 9.55 Å². The summed E-state index contributed by atoms with van der Waals surface area (Å²) in [5.74, 6) is 0. The van der Waals surface area contributed by atoms with E-state index in [0.717, 1.165) is 16.6 Å². The highest BCUT2D eigenvalue weighted by Gasteiger charge is 2.13. The summed E-state index contributed by atoms with van der Waals surface area (Å²) in [6.45, 7) is 0.567. The maximum absolute atomic E-state index is 12.4. The molecule has 3 aromatic heterocycles. The van der Waals surface area contributed by atoms with Crippen LogP contribution in [0.3, 0.4) is 0 Å². The molecule has 0 aliphatic heterocycles. The quantitative estimate of drug-likeness (QED) is 0.402. The van der Waals surface area contributed by atoms with Crippen LogP contribution >= 0.6 is 23.6 Å². The Balaban J connectivity index is 1.87. The lowest BCUT2D eigenvalue weighted by molar-refractivity contribution is 0.562. The van der Waals surface area contributed by atoms with Gasteiger partial charge in [-0.05, 0) is 36.0 Å². The summed E-state index contributed by atoms with van der Waals surface area (Å²) < 4.78 is 8.10. The highest BCUT2D eigenvalue weighted by Crippen LogP contribution is 2.25. The average molecular weight is 352 g/mol. The maximum Gasteiger partial charge on any atom is 0.345 e. The van der Waals surface area contributed by atoms with Crippen LogP contribution < -0.4 is 5.63 Å². The van der Waals surface area contributed by atoms with Crippen LogP contribution in [0.4, 0.5) is 0 Å². The van der Waals surface area contributed by atoms with Crippen LogP contribution in [0.25, 0.3) is 22.2 Å². The van der Waals surface area contributed by atoms with Crippen LogP contribution in [0, 0.1) is 3.95 Å². The van der Waals surface area contributed by atoms with Crippen molar-refractivity contribution in [3.8, 4) is 11.3 Å². The molecule has 0 radical (unpaired) electrons. The van der Waals surface area contributed by atoms with Gasteiger partial charge in [0.05, 0.1) is 17.8 Å². The van der Waals surface area contributed by atoms with Crippen molar-refractivity contribution in [2.75, 3.05) is 0 Å². The second-order valence-corrected chi connectivity index (χ2v) is 6.82. The molecule has 4 rings (SSSR count). The zero-order valence-corrected chi connectivity index (χ0v) is 14.1. The van der Waals surface area contributed by atoms with E-state index in [0.29, 0.717) is 21.6 Å².